The molecule has 0 atom stereocenters. The van der Waals surface area contributed by atoms with Crippen molar-refractivity contribution in [1.29, 1.82) is 0 Å². The molecule has 0 fully saturated rings. The highest BCUT2D eigenvalue weighted by Gasteiger charge is 2.15. The van der Waals surface area contributed by atoms with Crippen LogP contribution in [0.3, 0.4) is 0 Å². The summed E-state index contributed by atoms with van der Waals surface area (Å²) in [5.74, 6) is 0.515. The summed E-state index contributed by atoms with van der Waals surface area (Å²) in [6, 6.07) is 12.3. The van der Waals surface area contributed by atoms with Crippen LogP contribution < -0.4 is 5.32 Å². The first-order valence-electron chi connectivity index (χ1n) is 14.1. The number of carbonyl (C=O) groups excluding carboxylic acids is 2. The van der Waals surface area contributed by atoms with Crippen molar-refractivity contribution in [2.75, 3.05) is 25.2 Å². The zero-order valence-corrected chi connectivity index (χ0v) is 27.8. The lowest BCUT2D eigenvalue weighted by molar-refractivity contribution is -0.140. The number of halogens is 1. The zero-order valence-electron chi connectivity index (χ0n) is 26.2. The third kappa shape index (κ3) is 9.83. The molecule has 4 aromatic rings. The minimum Gasteiger partial charge on any atom is -0.469 e. The van der Waals surface area contributed by atoms with Gasteiger partial charge in [-0.2, -0.15) is 0 Å². The SMILES string of the molecule is COC(=O)CCSc1cccc2c(C)c(C)[nH]c12.Cc1[nH]c2c(SC/C(F)=C/CNC(=O)OC(C)(C)C)cccc2c1C. The number of aryl methyl sites for hydroxylation is 4. The average molecular weight is 628 g/mol. The van der Waals surface area contributed by atoms with E-state index < -0.39 is 11.7 Å². The predicted molar refractivity (Wildman–Crippen MR) is 177 cm³/mol. The van der Waals surface area contributed by atoms with Gasteiger partial charge in [0, 0.05) is 50.0 Å². The van der Waals surface area contributed by atoms with Crippen molar-refractivity contribution in [2.24, 2.45) is 0 Å². The van der Waals surface area contributed by atoms with E-state index in [9.17, 15) is 14.0 Å². The van der Waals surface area contributed by atoms with E-state index in [2.05, 4.69) is 65.1 Å². The van der Waals surface area contributed by atoms with Gasteiger partial charge in [0.25, 0.3) is 0 Å². The van der Waals surface area contributed by atoms with E-state index in [1.807, 2.05) is 19.1 Å². The van der Waals surface area contributed by atoms with Gasteiger partial charge in [0.1, 0.15) is 11.4 Å². The maximum Gasteiger partial charge on any atom is 0.407 e. The van der Waals surface area contributed by atoms with Gasteiger partial charge in [0.2, 0.25) is 0 Å². The molecular weight excluding hydrogens is 586 g/mol. The smallest absolute Gasteiger partial charge is 0.407 e. The molecule has 43 heavy (non-hydrogen) atoms. The Labute approximate surface area is 261 Å². The molecule has 0 aliphatic heterocycles. The summed E-state index contributed by atoms with van der Waals surface area (Å²) in [4.78, 5) is 31.6. The predicted octanol–water partition coefficient (Wildman–Crippen LogP) is 8.69. The standard InChI is InChI=1S/C19H25FN2O2S.C14H17NO2S/c1-12-13(2)22-17-15(12)7-6-8-16(17)25-11-14(20)9-10-21-18(23)24-19(3,4)5;1-9-10(2)15-14-11(9)5-4-6-12(14)18-8-7-13(16)17-3/h6-9,22H,10-11H2,1-5H3,(H,21,23);4-6,15H,7-8H2,1-3H3/b14-9-;. The highest BCUT2D eigenvalue weighted by Crippen LogP contribution is 2.32. The lowest BCUT2D eigenvalue weighted by Crippen LogP contribution is -2.32. The number of aromatic amines is 2. The van der Waals surface area contributed by atoms with Gasteiger partial charge in [-0.25, -0.2) is 9.18 Å². The van der Waals surface area contributed by atoms with E-state index in [0.29, 0.717) is 6.42 Å². The number of thioether (sulfide) groups is 2. The summed E-state index contributed by atoms with van der Waals surface area (Å²) in [6.45, 7) is 13.8. The summed E-state index contributed by atoms with van der Waals surface area (Å²) >= 11 is 3.11. The summed E-state index contributed by atoms with van der Waals surface area (Å²) in [5.41, 5.74) is 6.49. The van der Waals surface area contributed by atoms with Crippen molar-refractivity contribution in [2.45, 2.75) is 70.3 Å². The number of para-hydroxylation sites is 2. The lowest BCUT2D eigenvalue weighted by Gasteiger charge is -2.19. The molecule has 1 amide bonds. The number of aromatic nitrogens is 2. The van der Waals surface area contributed by atoms with E-state index in [0.717, 1.165) is 21.9 Å². The number of esters is 1. The van der Waals surface area contributed by atoms with Gasteiger partial charge in [-0.3, -0.25) is 4.79 Å². The molecule has 3 N–H and O–H groups in total. The Balaban J connectivity index is 0.000000248. The minimum atomic E-state index is -0.562. The van der Waals surface area contributed by atoms with Crippen LogP contribution >= 0.6 is 23.5 Å². The Morgan fingerprint density at radius 3 is 1.95 bits per heavy atom. The minimum absolute atomic E-state index is 0.103. The van der Waals surface area contributed by atoms with Crippen LogP contribution in [0.5, 0.6) is 0 Å². The quantitative estimate of drug-likeness (QED) is 0.127. The molecule has 0 bridgehead atoms. The van der Waals surface area contributed by atoms with Gasteiger partial charge in [0.15, 0.2) is 0 Å². The summed E-state index contributed by atoms with van der Waals surface area (Å²) in [6.07, 6.45) is 1.25. The molecule has 2 aromatic heterocycles. The van der Waals surface area contributed by atoms with Crippen molar-refractivity contribution < 1.29 is 23.5 Å². The molecular formula is C33H42FN3O4S2. The molecule has 0 spiro atoms. The average Bonchev–Trinajstić information content (AvgIpc) is 3.41. The molecule has 0 aliphatic rings. The topological polar surface area (TPSA) is 96.2 Å². The van der Waals surface area contributed by atoms with Crippen LogP contribution in [0.4, 0.5) is 9.18 Å². The van der Waals surface area contributed by atoms with E-state index in [4.69, 9.17) is 4.74 Å². The zero-order chi connectivity index (χ0) is 31.7. The van der Waals surface area contributed by atoms with Crippen LogP contribution in [0.2, 0.25) is 0 Å². The van der Waals surface area contributed by atoms with Crippen molar-refractivity contribution >= 4 is 57.4 Å². The van der Waals surface area contributed by atoms with Gasteiger partial charge in [0.05, 0.1) is 24.6 Å². The Morgan fingerprint density at radius 1 is 0.907 bits per heavy atom. The molecule has 0 aliphatic carbocycles. The third-order valence-corrected chi connectivity index (χ3v) is 8.87. The number of alkyl carbamates (subject to hydrolysis) is 1. The number of fused-ring (bicyclic) bond motifs is 2. The number of nitrogens with one attached hydrogen (secondary N) is 3. The second-order valence-corrected chi connectivity index (χ2v) is 13.3. The summed E-state index contributed by atoms with van der Waals surface area (Å²) in [7, 11) is 1.42. The molecule has 0 saturated carbocycles. The highest BCUT2D eigenvalue weighted by molar-refractivity contribution is 7.99. The Kier molecular flexibility index (Phi) is 12.2. The highest BCUT2D eigenvalue weighted by atomic mass is 32.2. The van der Waals surface area contributed by atoms with Crippen LogP contribution in [-0.2, 0) is 14.3 Å². The number of ether oxygens (including phenoxy) is 2. The first kappa shape index (κ1) is 34.1. The van der Waals surface area contributed by atoms with E-state index in [-0.39, 0.29) is 24.1 Å². The number of amides is 1. The molecule has 0 unspecified atom stereocenters. The maximum atomic E-state index is 14.0. The molecule has 232 valence electrons. The number of carbonyl (C=O) groups is 2. The number of rotatable bonds is 9. The van der Waals surface area contributed by atoms with Gasteiger partial charge >= 0.3 is 12.1 Å². The molecule has 0 saturated heterocycles. The number of H-pyrrole nitrogens is 2. The van der Waals surface area contributed by atoms with Gasteiger partial charge in [-0.15, -0.1) is 23.5 Å². The van der Waals surface area contributed by atoms with E-state index in [1.165, 1.54) is 63.0 Å². The third-order valence-electron chi connectivity index (χ3n) is 6.74. The number of benzene rings is 2. The molecule has 4 rings (SSSR count). The fourth-order valence-electron chi connectivity index (χ4n) is 4.26. The second-order valence-electron chi connectivity index (χ2n) is 11.1. The van der Waals surface area contributed by atoms with Crippen LogP contribution in [-0.4, -0.2) is 52.8 Å². The van der Waals surface area contributed by atoms with Crippen molar-refractivity contribution in [3.05, 3.63) is 70.8 Å². The van der Waals surface area contributed by atoms with Crippen LogP contribution in [0.25, 0.3) is 21.8 Å². The number of hydrogen-bond donors (Lipinski definition) is 3. The molecule has 2 heterocycles. The monoisotopic (exact) mass is 627 g/mol. The molecule has 7 nitrogen and oxygen atoms in total. The second kappa shape index (κ2) is 15.4. The van der Waals surface area contributed by atoms with Crippen molar-refractivity contribution in [3.63, 3.8) is 0 Å². The number of hydrogen-bond acceptors (Lipinski definition) is 6. The van der Waals surface area contributed by atoms with Crippen LogP contribution in [0.15, 0.2) is 58.1 Å². The Morgan fingerprint density at radius 2 is 1.44 bits per heavy atom. The van der Waals surface area contributed by atoms with Gasteiger partial charge < -0.3 is 24.8 Å². The van der Waals surface area contributed by atoms with Crippen LogP contribution in [0.1, 0.15) is 49.7 Å². The van der Waals surface area contributed by atoms with Gasteiger partial charge in [-0.05, 0) is 77.8 Å². The van der Waals surface area contributed by atoms with E-state index in [1.54, 1.807) is 32.5 Å². The Hall–Kier alpha value is -3.37. The van der Waals surface area contributed by atoms with Crippen molar-refractivity contribution in [3.8, 4) is 0 Å². The molecule has 2 aromatic carbocycles. The first-order chi connectivity index (χ1) is 20.3. The fraction of sp³-hybridized carbons (Fsp3) is 0.394. The number of methoxy groups -OCH3 is 1. The fourth-order valence-corrected chi connectivity index (χ4v) is 6.12. The first-order valence-corrected chi connectivity index (χ1v) is 16.1. The maximum absolute atomic E-state index is 14.0. The summed E-state index contributed by atoms with van der Waals surface area (Å²) in [5, 5.41) is 4.94. The Bertz CT molecular complexity index is 1600. The van der Waals surface area contributed by atoms with Crippen LogP contribution in [0, 0.1) is 27.7 Å². The van der Waals surface area contributed by atoms with Gasteiger partial charge in [-0.1, -0.05) is 24.3 Å². The molecule has 0 radical (unpaired) electrons. The largest absolute Gasteiger partial charge is 0.469 e. The lowest BCUT2D eigenvalue weighted by atomic mass is 10.1. The normalized spacial score (nSPS) is 11.8. The molecule has 10 heteroatoms. The van der Waals surface area contributed by atoms with Crippen molar-refractivity contribution in [1.82, 2.24) is 15.3 Å². The van der Waals surface area contributed by atoms with E-state index >= 15 is 0 Å². The summed E-state index contributed by atoms with van der Waals surface area (Å²) < 4.78 is 23.7.